The molecule has 1 aromatic heterocycles. The van der Waals surface area contributed by atoms with Gasteiger partial charge in [-0.05, 0) is 24.6 Å². The Morgan fingerprint density at radius 3 is 2.65 bits per heavy atom. The van der Waals surface area contributed by atoms with Gasteiger partial charge in [0.2, 0.25) is 0 Å². The highest BCUT2D eigenvalue weighted by atomic mass is 32.2. The summed E-state index contributed by atoms with van der Waals surface area (Å²) in [5.74, 6) is 0.778. The van der Waals surface area contributed by atoms with E-state index in [9.17, 15) is 13.2 Å². The molecule has 0 N–H and O–H groups in total. The molecule has 1 aromatic carbocycles. The van der Waals surface area contributed by atoms with Crippen LogP contribution < -0.4 is 4.74 Å². The molecule has 0 saturated carbocycles. The Balaban J connectivity index is 1.70. The van der Waals surface area contributed by atoms with Gasteiger partial charge in [-0.2, -0.15) is 0 Å². The van der Waals surface area contributed by atoms with Crippen LogP contribution in [0.1, 0.15) is 28.0 Å². The highest BCUT2D eigenvalue weighted by Crippen LogP contribution is 2.21. The van der Waals surface area contributed by atoms with Crippen molar-refractivity contribution < 1.29 is 17.9 Å². The van der Waals surface area contributed by atoms with Gasteiger partial charge in [-0.1, -0.05) is 18.2 Å². The van der Waals surface area contributed by atoms with E-state index >= 15 is 0 Å². The van der Waals surface area contributed by atoms with Crippen LogP contribution in [0, 0.1) is 0 Å². The summed E-state index contributed by atoms with van der Waals surface area (Å²) in [4.78, 5) is 18.5. The van der Waals surface area contributed by atoms with E-state index in [-0.39, 0.29) is 23.5 Å². The topological polar surface area (TPSA) is 76.6 Å². The fraction of sp³-hybridized carbons (Fsp3) is 0.368. The predicted octanol–water partition coefficient (Wildman–Crippen LogP) is 1.94. The van der Waals surface area contributed by atoms with Gasteiger partial charge in [0.25, 0.3) is 5.91 Å². The van der Waals surface area contributed by atoms with Gasteiger partial charge < -0.3 is 9.64 Å². The molecule has 138 valence electrons. The van der Waals surface area contributed by atoms with Crippen molar-refractivity contribution in [1.29, 1.82) is 0 Å². The van der Waals surface area contributed by atoms with E-state index in [1.165, 1.54) is 4.90 Å². The van der Waals surface area contributed by atoms with Crippen LogP contribution in [0.2, 0.25) is 0 Å². The maximum atomic E-state index is 12.6. The number of aromatic nitrogens is 1. The second-order valence-corrected chi connectivity index (χ2v) is 8.73. The molecular weight excluding hydrogens is 352 g/mol. The first kappa shape index (κ1) is 18.4. The zero-order valence-corrected chi connectivity index (χ0v) is 15.7. The summed E-state index contributed by atoms with van der Waals surface area (Å²) in [5.41, 5.74) is 2.31. The Morgan fingerprint density at radius 2 is 2.04 bits per heavy atom. The molecule has 1 aliphatic rings. The van der Waals surface area contributed by atoms with Crippen molar-refractivity contribution in [3.8, 4) is 5.75 Å². The van der Waals surface area contributed by atoms with E-state index in [2.05, 4.69) is 4.98 Å². The molecule has 0 spiro atoms. The zero-order valence-electron chi connectivity index (χ0n) is 14.9. The van der Waals surface area contributed by atoms with Gasteiger partial charge in [-0.15, -0.1) is 0 Å². The molecule has 7 heteroatoms. The number of hydrogen-bond donors (Lipinski definition) is 0. The van der Waals surface area contributed by atoms with Crippen LogP contribution in [0.5, 0.6) is 5.75 Å². The smallest absolute Gasteiger partial charge is 0.255 e. The number of ether oxygens (including phenoxy) is 1. The fourth-order valence-corrected chi connectivity index (χ4v) is 4.92. The van der Waals surface area contributed by atoms with Gasteiger partial charge in [0.05, 0.1) is 24.2 Å². The van der Waals surface area contributed by atoms with Gasteiger partial charge >= 0.3 is 0 Å². The van der Waals surface area contributed by atoms with Gasteiger partial charge in [0, 0.05) is 37.0 Å². The molecule has 0 aliphatic carbocycles. The SMILES string of the molecule is COc1ccccc1Cc1ccc(C(=O)N(C)[C@H]2CCS(=O)(=O)C2)cn1. The van der Waals surface area contributed by atoms with Crippen LogP contribution >= 0.6 is 0 Å². The molecule has 1 saturated heterocycles. The number of carbonyl (C=O) groups excluding carboxylic acids is 1. The van der Waals surface area contributed by atoms with Crippen LogP contribution in [-0.4, -0.2) is 55.9 Å². The Bertz CT molecular complexity index is 894. The fourth-order valence-electron chi connectivity index (χ4n) is 3.15. The summed E-state index contributed by atoms with van der Waals surface area (Å²) >= 11 is 0. The lowest BCUT2D eigenvalue weighted by Crippen LogP contribution is -2.37. The van der Waals surface area contributed by atoms with E-state index in [0.29, 0.717) is 18.4 Å². The highest BCUT2D eigenvalue weighted by Gasteiger charge is 2.33. The summed E-state index contributed by atoms with van der Waals surface area (Å²) in [6, 6.07) is 11.0. The Kier molecular flexibility index (Phi) is 5.27. The number of benzene rings is 1. The number of amides is 1. The number of methoxy groups -OCH3 is 1. The molecule has 0 radical (unpaired) electrons. The minimum absolute atomic E-state index is 0.0363. The molecule has 1 atom stereocenters. The molecule has 1 aliphatic heterocycles. The Morgan fingerprint density at radius 1 is 1.27 bits per heavy atom. The summed E-state index contributed by atoms with van der Waals surface area (Å²) in [6.07, 6.45) is 2.64. The molecule has 0 unspecified atom stereocenters. The lowest BCUT2D eigenvalue weighted by Gasteiger charge is -2.23. The summed E-state index contributed by atoms with van der Waals surface area (Å²) in [5, 5.41) is 0. The number of pyridine rings is 1. The normalized spacial score (nSPS) is 18.5. The number of carbonyl (C=O) groups is 1. The van der Waals surface area contributed by atoms with Gasteiger partial charge in [0.15, 0.2) is 9.84 Å². The van der Waals surface area contributed by atoms with Crippen LogP contribution in [-0.2, 0) is 16.3 Å². The standard InChI is InChI=1S/C19H22N2O4S/c1-21(17-9-10-26(23,24)13-17)19(22)15-7-8-16(20-12-15)11-14-5-3-4-6-18(14)25-2/h3-8,12,17H,9-11,13H2,1-2H3/t17-/m0/s1. The van der Waals surface area contributed by atoms with E-state index < -0.39 is 9.84 Å². The summed E-state index contributed by atoms with van der Waals surface area (Å²) in [6.45, 7) is 0. The van der Waals surface area contributed by atoms with E-state index in [0.717, 1.165) is 17.0 Å². The molecule has 1 fully saturated rings. The first-order valence-electron chi connectivity index (χ1n) is 8.44. The van der Waals surface area contributed by atoms with E-state index in [4.69, 9.17) is 4.74 Å². The number of hydrogen-bond acceptors (Lipinski definition) is 5. The van der Waals surface area contributed by atoms with Crippen LogP contribution in [0.25, 0.3) is 0 Å². The van der Waals surface area contributed by atoms with Crippen molar-refractivity contribution in [3.63, 3.8) is 0 Å². The molecule has 0 bridgehead atoms. The van der Waals surface area contributed by atoms with E-state index in [1.807, 2.05) is 30.3 Å². The summed E-state index contributed by atoms with van der Waals surface area (Å²) in [7, 11) is 0.256. The third-order valence-electron chi connectivity index (χ3n) is 4.71. The van der Waals surface area contributed by atoms with Crippen molar-refractivity contribution >= 4 is 15.7 Å². The molecule has 2 heterocycles. The van der Waals surface area contributed by atoms with Crippen LogP contribution in [0.4, 0.5) is 0 Å². The van der Waals surface area contributed by atoms with Crippen LogP contribution in [0.15, 0.2) is 42.6 Å². The monoisotopic (exact) mass is 374 g/mol. The van der Waals surface area contributed by atoms with Crippen molar-refractivity contribution in [2.24, 2.45) is 0 Å². The highest BCUT2D eigenvalue weighted by molar-refractivity contribution is 7.91. The Labute approximate surface area is 153 Å². The largest absolute Gasteiger partial charge is 0.496 e. The third kappa shape index (κ3) is 4.04. The minimum Gasteiger partial charge on any atom is -0.496 e. The van der Waals surface area contributed by atoms with Gasteiger partial charge in [-0.3, -0.25) is 9.78 Å². The lowest BCUT2D eigenvalue weighted by molar-refractivity contribution is 0.0747. The van der Waals surface area contributed by atoms with Crippen LogP contribution in [0.3, 0.4) is 0 Å². The molecule has 26 heavy (non-hydrogen) atoms. The predicted molar refractivity (Wildman–Crippen MR) is 99.2 cm³/mol. The first-order chi connectivity index (χ1) is 12.4. The van der Waals surface area contributed by atoms with Crippen molar-refractivity contribution in [1.82, 2.24) is 9.88 Å². The number of sulfone groups is 1. The minimum atomic E-state index is -3.03. The first-order valence-corrected chi connectivity index (χ1v) is 10.3. The second kappa shape index (κ2) is 7.45. The Hall–Kier alpha value is -2.41. The quantitative estimate of drug-likeness (QED) is 0.799. The van der Waals surface area contributed by atoms with Crippen molar-refractivity contribution in [3.05, 3.63) is 59.4 Å². The maximum absolute atomic E-state index is 12.6. The van der Waals surface area contributed by atoms with Crippen molar-refractivity contribution in [2.45, 2.75) is 18.9 Å². The summed E-state index contributed by atoms with van der Waals surface area (Å²) < 4.78 is 28.6. The average Bonchev–Trinajstić information content (AvgIpc) is 3.01. The number of nitrogens with zero attached hydrogens (tertiary/aromatic N) is 2. The second-order valence-electron chi connectivity index (χ2n) is 6.50. The molecule has 2 aromatic rings. The lowest BCUT2D eigenvalue weighted by atomic mass is 10.1. The third-order valence-corrected chi connectivity index (χ3v) is 6.46. The molecule has 3 rings (SSSR count). The molecular formula is C19H22N2O4S. The van der Waals surface area contributed by atoms with Crippen molar-refractivity contribution in [2.75, 3.05) is 25.7 Å². The van der Waals surface area contributed by atoms with Gasteiger partial charge in [-0.25, -0.2) is 8.42 Å². The zero-order chi connectivity index (χ0) is 18.7. The molecule has 6 nitrogen and oxygen atoms in total. The average molecular weight is 374 g/mol. The maximum Gasteiger partial charge on any atom is 0.255 e. The van der Waals surface area contributed by atoms with Gasteiger partial charge in [0.1, 0.15) is 5.75 Å². The number of rotatable bonds is 5. The van der Waals surface area contributed by atoms with E-state index in [1.54, 1.807) is 26.4 Å². The number of para-hydroxylation sites is 1. The molecule has 1 amide bonds.